The van der Waals surface area contributed by atoms with E-state index in [-0.39, 0.29) is 0 Å². The normalized spacial score (nSPS) is 14.3. The summed E-state index contributed by atoms with van der Waals surface area (Å²) in [7, 11) is 0. The van der Waals surface area contributed by atoms with Gasteiger partial charge in [0.25, 0.3) is 0 Å². The van der Waals surface area contributed by atoms with E-state index in [1.54, 1.807) is 4.90 Å². The van der Waals surface area contributed by atoms with Gasteiger partial charge in [-0.15, -0.1) is 0 Å². The van der Waals surface area contributed by atoms with Gasteiger partial charge >= 0.3 is 11.8 Å². The number of H-pyrrole nitrogens is 1. The fraction of sp³-hybridized carbons (Fsp3) is 0.300. The van der Waals surface area contributed by atoms with Crippen LogP contribution in [0.3, 0.4) is 0 Å². The highest BCUT2D eigenvalue weighted by molar-refractivity contribution is 6.40. The average molecular weight is 413 g/mol. The first-order valence-corrected chi connectivity index (χ1v) is 9.73. The van der Waals surface area contributed by atoms with Gasteiger partial charge in [0.2, 0.25) is 0 Å². The molecule has 8 nitrogen and oxygen atoms in total. The zero-order valence-electron chi connectivity index (χ0n) is 16.2. The lowest BCUT2D eigenvalue weighted by atomic mass is 10.2. The first-order chi connectivity index (χ1) is 13.9. The minimum absolute atomic E-state index is 0.320. The van der Waals surface area contributed by atoms with Crippen molar-refractivity contribution in [2.24, 2.45) is 0 Å². The number of carbonyl (C=O) groups is 2. The van der Waals surface area contributed by atoms with Gasteiger partial charge < -0.3 is 15.1 Å². The molecule has 2 aromatic heterocycles. The number of nitrogens with zero attached hydrogens (tertiary/aromatic N) is 4. The zero-order valence-corrected chi connectivity index (χ0v) is 17.0. The lowest BCUT2D eigenvalue weighted by Crippen LogP contribution is -2.51. The van der Waals surface area contributed by atoms with Crippen LogP contribution in [0.4, 0.5) is 11.5 Å². The van der Waals surface area contributed by atoms with E-state index < -0.39 is 11.8 Å². The van der Waals surface area contributed by atoms with E-state index in [4.69, 9.17) is 11.6 Å². The topological polar surface area (TPSA) is 94.2 Å². The minimum atomic E-state index is -0.699. The Bertz CT molecular complexity index is 1090. The number of piperazine rings is 1. The first-order valence-electron chi connectivity index (χ1n) is 9.35. The Balaban J connectivity index is 1.41. The van der Waals surface area contributed by atoms with Crippen LogP contribution in [-0.4, -0.2) is 58.1 Å². The van der Waals surface area contributed by atoms with Gasteiger partial charge in [0.1, 0.15) is 0 Å². The highest BCUT2D eigenvalue weighted by Gasteiger charge is 2.27. The molecule has 4 rings (SSSR count). The molecule has 3 heterocycles. The highest BCUT2D eigenvalue weighted by Crippen LogP contribution is 2.24. The number of hydrogen-bond acceptors (Lipinski definition) is 5. The van der Waals surface area contributed by atoms with E-state index >= 15 is 0 Å². The quantitative estimate of drug-likeness (QED) is 0.631. The van der Waals surface area contributed by atoms with Crippen molar-refractivity contribution in [1.82, 2.24) is 20.1 Å². The maximum absolute atomic E-state index is 12.6. The maximum Gasteiger partial charge on any atom is 0.315 e. The molecule has 3 aromatic rings. The SMILES string of the molecule is Cc1cc(C)c2c(NC(=O)C(=O)N3CCN(c4cccc(Cl)c4)CC3)n[nH]c2n1. The highest BCUT2D eigenvalue weighted by atomic mass is 35.5. The molecule has 150 valence electrons. The van der Waals surface area contributed by atoms with Gasteiger partial charge in [-0.25, -0.2) is 4.98 Å². The van der Waals surface area contributed by atoms with Crippen LogP contribution in [0.25, 0.3) is 11.0 Å². The Hall–Kier alpha value is -3.13. The molecule has 0 unspecified atom stereocenters. The van der Waals surface area contributed by atoms with Crippen molar-refractivity contribution in [3.63, 3.8) is 0 Å². The van der Waals surface area contributed by atoms with Crippen molar-refractivity contribution in [3.05, 3.63) is 46.6 Å². The summed E-state index contributed by atoms with van der Waals surface area (Å²) in [5, 5.41) is 10.9. The number of benzene rings is 1. The number of aromatic amines is 1. The van der Waals surface area contributed by atoms with Gasteiger partial charge in [0.15, 0.2) is 11.5 Å². The Kier molecular flexibility index (Phi) is 5.10. The fourth-order valence-corrected chi connectivity index (χ4v) is 3.80. The number of carbonyl (C=O) groups excluding carboxylic acids is 2. The summed E-state index contributed by atoms with van der Waals surface area (Å²) in [4.78, 5) is 33.2. The molecule has 29 heavy (non-hydrogen) atoms. The van der Waals surface area contributed by atoms with Crippen LogP contribution in [0.2, 0.25) is 5.02 Å². The van der Waals surface area contributed by atoms with Gasteiger partial charge in [-0.3, -0.25) is 14.7 Å². The maximum atomic E-state index is 12.6. The zero-order chi connectivity index (χ0) is 20.5. The molecule has 2 N–H and O–H groups in total. The van der Waals surface area contributed by atoms with Crippen molar-refractivity contribution >= 4 is 46.0 Å². The number of pyridine rings is 1. The second-order valence-corrected chi connectivity index (χ2v) is 7.53. The molecule has 0 atom stereocenters. The summed E-state index contributed by atoms with van der Waals surface area (Å²) in [6, 6.07) is 9.51. The molecule has 1 aliphatic heterocycles. The number of fused-ring (bicyclic) bond motifs is 1. The van der Waals surface area contributed by atoms with Gasteiger partial charge in [0, 0.05) is 42.6 Å². The van der Waals surface area contributed by atoms with E-state index in [9.17, 15) is 9.59 Å². The van der Waals surface area contributed by atoms with E-state index in [2.05, 4.69) is 25.4 Å². The van der Waals surface area contributed by atoms with Crippen molar-refractivity contribution in [2.45, 2.75) is 13.8 Å². The molecule has 1 aromatic carbocycles. The van der Waals surface area contributed by atoms with E-state index in [1.807, 2.05) is 44.2 Å². The van der Waals surface area contributed by atoms with Crippen molar-refractivity contribution in [3.8, 4) is 0 Å². The average Bonchev–Trinajstić information content (AvgIpc) is 3.10. The summed E-state index contributed by atoms with van der Waals surface area (Å²) >= 11 is 6.06. The predicted molar refractivity (Wildman–Crippen MR) is 112 cm³/mol. The standard InChI is InChI=1S/C20H21ClN6O2/c1-12-10-13(2)22-17-16(12)18(25-24-17)23-19(28)20(29)27-8-6-26(7-9-27)15-5-3-4-14(21)11-15/h3-5,10-11H,6-9H2,1-2H3,(H2,22,23,24,25,28). The molecular formula is C20H21ClN6O2. The molecule has 0 aliphatic carbocycles. The number of nitrogens with one attached hydrogen (secondary N) is 2. The number of aryl methyl sites for hydroxylation is 2. The summed E-state index contributed by atoms with van der Waals surface area (Å²) < 4.78 is 0. The largest absolute Gasteiger partial charge is 0.368 e. The van der Waals surface area contributed by atoms with Gasteiger partial charge in [-0.05, 0) is 43.7 Å². The van der Waals surface area contributed by atoms with Crippen LogP contribution >= 0.6 is 11.6 Å². The number of amides is 2. The van der Waals surface area contributed by atoms with Crippen LogP contribution in [-0.2, 0) is 9.59 Å². The van der Waals surface area contributed by atoms with E-state index in [0.717, 1.165) is 16.9 Å². The van der Waals surface area contributed by atoms with Crippen LogP contribution in [0.15, 0.2) is 30.3 Å². The number of aromatic nitrogens is 3. The van der Waals surface area contributed by atoms with E-state index in [1.165, 1.54) is 0 Å². The number of halogens is 1. The fourth-order valence-electron chi connectivity index (χ4n) is 3.62. The molecule has 1 fully saturated rings. The summed E-state index contributed by atoms with van der Waals surface area (Å²) in [5.41, 5.74) is 3.38. The molecule has 1 saturated heterocycles. The Morgan fingerprint density at radius 1 is 1.14 bits per heavy atom. The lowest BCUT2D eigenvalue weighted by molar-refractivity contribution is -0.143. The van der Waals surface area contributed by atoms with Crippen molar-refractivity contribution < 1.29 is 9.59 Å². The van der Waals surface area contributed by atoms with Gasteiger partial charge in [0.05, 0.1) is 5.39 Å². The van der Waals surface area contributed by atoms with Crippen LogP contribution in [0.5, 0.6) is 0 Å². The molecular weight excluding hydrogens is 392 g/mol. The van der Waals surface area contributed by atoms with Crippen molar-refractivity contribution in [1.29, 1.82) is 0 Å². The van der Waals surface area contributed by atoms with Gasteiger partial charge in [-0.2, -0.15) is 5.10 Å². The summed E-state index contributed by atoms with van der Waals surface area (Å²) in [6.45, 7) is 5.98. The molecule has 0 radical (unpaired) electrons. The van der Waals surface area contributed by atoms with Crippen LogP contribution < -0.4 is 10.2 Å². The first kappa shape index (κ1) is 19.2. The third-order valence-electron chi connectivity index (χ3n) is 5.02. The Morgan fingerprint density at radius 3 is 2.62 bits per heavy atom. The van der Waals surface area contributed by atoms with Crippen molar-refractivity contribution in [2.75, 3.05) is 36.4 Å². The Labute approximate surface area is 172 Å². The third-order valence-corrected chi connectivity index (χ3v) is 5.26. The number of hydrogen-bond donors (Lipinski definition) is 2. The summed E-state index contributed by atoms with van der Waals surface area (Å²) in [6.07, 6.45) is 0. The molecule has 2 amide bonds. The molecule has 1 aliphatic rings. The van der Waals surface area contributed by atoms with Crippen LogP contribution in [0.1, 0.15) is 11.3 Å². The van der Waals surface area contributed by atoms with Gasteiger partial charge in [-0.1, -0.05) is 17.7 Å². The number of rotatable bonds is 2. The lowest BCUT2D eigenvalue weighted by Gasteiger charge is -2.35. The third kappa shape index (κ3) is 3.88. The molecule has 0 bridgehead atoms. The second-order valence-electron chi connectivity index (χ2n) is 7.09. The smallest absolute Gasteiger partial charge is 0.315 e. The monoisotopic (exact) mass is 412 g/mol. The predicted octanol–water partition coefficient (Wildman–Crippen LogP) is 2.52. The number of anilines is 2. The second kappa shape index (κ2) is 7.71. The Morgan fingerprint density at radius 2 is 1.90 bits per heavy atom. The molecule has 0 saturated carbocycles. The van der Waals surface area contributed by atoms with E-state index in [0.29, 0.717) is 48.1 Å². The summed E-state index contributed by atoms with van der Waals surface area (Å²) in [5.74, 6) is -0.944. The molecule has 9 heteroatoms. The minimum Gasteiger partial charge on any atom is -0.368 e. The van der Waals surface area contributed by atoms with Crippen LogP contribution in [0, 0.1) is 13.8 Å². The molecule has 0 spiro atoms.